The van der Waals surface area contributed by atoms with E-state index < -0.39 is 5.97 Å². The van der Waals surface area contributed by atoms with Gasteiger partial charge in [0, 0.05) is 18.2 Å². The fourth-order valence-corrected chi connectivity index (χ4v) is 3.66. The van der Waals surface area contributed by atoms with E-state index in [0.717, 1.165) is 23.1 Å². The number of ether oxygens (including phenoxy) is 1. The van der Waals surface area contributed by atoms with Crippen LogP contribution in [0.3, 0.4) is 0 Å². The number of rotatable bonds is 6. The Balaban J connectivity index is 1.76. The Bertz CT molecular complexity index is 885. The normalized spacial score (nSPS) is 15.7. The number of amides is 1. The van der Waals surface area contributed by atoms with E-state index in [2.05, 4.69) is 0 Å². The zero-order valence-corrected chi connectivity index (χ0v) is 15.4. The van der Waals surface area contributed by atoms with Crippen LogP contribution in [0.5, 0.6) is 5.75 Å². The molecule has 0 radical (unpaired) electrons. The first-order valence-corrected chi connectivity index (χ1v) is 8.92. The summed E-state index contributed by atoms with van der Waals surface area (Å²) < 4.78 is 11.3. The van der Waals surface area contributed by atoms with Crippen molar-refractivity contribution in [2.24, 2.45) is 0 Å². The van der Waals surface area contributed by atoms with E-state index >= 15 is 0 Å². The van der Waals surface area contributed by atoms with Gasteiger partial charge in [-0.1, -0.05) is 24.0 Å². The van der Waals surface area contributed by atoms with Gasteiger partial charge in [-0.2, -0.15) is 0 Å². The lowest BCUT2D eigenvalue weighted by Crippen LogP contribution is -2.30. The van der Waals surface area contributed by atoms with Gasteiger partial charge in [-0.15, -0.1) is 0 Å². The highest BCUT2D eigenvalue weighted by molar-refractivity contribution is 8.26. The Morgan fingerprint density at radius 2 is 2.04 bits per heavy atom. The highest BCUT2D eigenvalue weighted by atomic mass is 32.2. The van der Waals surface area contributed by atoms with Crippen molar-refractivity contribution in [1.29, 1.82) is 0 Å². The molecule has 1 saturated heterocycles. The lowest BCUT2D eigenvalue weighted by atomic mass is 10.2. The maximum atomic E-state index is 12.4. The second-order valence-corrected chi connectivity index (χ2v) is 7.08. The maximum absolute atomic E-state index is 12.4. The van der Waals surface area contributed by atoms with E-state index in [1.54, 1.807) is 19.3 Å². The van der Waals surface area contributed by atoms with Crippen LogP contribution < -0.4 is 4.74 Å². The molecule has 0 unspecified atom stereocenters. The molecule has 1 fully saturated rings. The number of thiocarbonyl (C=S) groups is 1. The monoisotopic (exact) mass is 389 g/mol. The van der Waals surface area contributed by atoms with Gasteiger partial charge in [0.25, 0.3) is 5.91 Å². The standard InChI is InChI=1S/C18H15NO5S2/c1-23-12-4-2-11(3-5-12)14-7-6-13(24-14)10-15-17(22)19(18(25)26-15)9-8-16(20)21/h2-7,10H,8-9H2,1H3,(H,20,21)/b15-10-. The number of carboxylic acid groups (broad SMARTS) is 1. The third kappa shape index (κ3) is 3.97. The lowest BCUT2D eigenvalue weighted by Gasteiger charge is -2.12. The number of methoxy groups -OCH3 is 1. The first kappa shape index (κ1) is 18.2. The van der Waals surface area contributed by atoms with Gasteiger partial charge in [-0.25, -0.2) is 0 Å². The van der Waals surface area contributed by atoms with Crippen LogP contribution >= 0.6 is 24.0 Å². The molecule has 1 aromatic heterocycles. The largest absolute Gasteiger partial charge is 0.497 e. The van der Waals surface area contributed by atoms with Crippen molar-refractivity contribution in [3.05, 3.63) is 47.1 Å². The summed E-state index contributed by atoms with van der Waals surface area (Å²) in [7, 11) is 1.60. The van der Waals surface area contributed by atoms with Crippen molar-refractivity contribution < 1.29 is 23.8 Å². The number of aliphatic carboxylic acids is 1. The third-order valence-electron chi connectivity index (χ3n) is 3.70. The van der Waals surface area contributed by atoms with Crippen LogP contribution in [0.1, 0.15) is 12.2 Å². The van der Waals surface area contributed by atoms with Crippen LogP contribution in [0, 0.1) is 0 Å². The molecule has 26 heavy (non-hydrogen) atoms. The number of hydrogen-bond acceptors (Lipinski definition) is 6. The summed E-state index contributed by atoms with van der Waals surface area (Å²) in [4.78, 5) is 24.8. The SMILES string of the molecule is COc1ccc(-c2ccc(/C=C3\SC(=S)N(CCC(=O)O)C3=O)o2)cc1. The highest BCUT2D eigenvalue weighted by Gasteiger charge is 2.32. The number of carboxylic acids is 1. The molecule has 0 spiro atoms. The molecule has 134 valence electrons. The summed E-state index contributed by atoms with van der Waals surface area (Å²) in [6.45, 7) is 0.0621. The molecule has 2 heterocycles. The van der Waals surface area contributed by atoms with E-state index in [-0.39, 0.29) is 18.9 Å². The first-order chi connectivity index (χ1) is 12.5. The van der Waals surface area contributed by atoms with Gasteiger partial charge in [-0.05, 0) is 36.4 Å². The minimum absolute atomic E-state index is 0.0621. The van der Waals surface area contributed by atoms with Crippen molar-refractivity contribution in [3.8, 4) is 17.1 Å². The highest BCUT2D eigenvalue weighted by Crippen LogP contribution is 2.33. The second-order valence-electron chi connectivity index (χ2n) is 5.41. The molecule has 1 aromatic carbocycles. The topological polar surface area (TPSA) is 80.0 Å². The summed E-state index contributed by atoms with van der Waals surface area (Å²) >= 11 is 6.30. The summed E-state index contributed by atoms with van der Waals surface area (Å²) in [5.74, 6) is 0.669. The van der Waals surface area contributed by atoms with Gasteiger partial charge in [0.05, 0.1) is 18.4 Å². The molecule has 0 bridgehead atoms. The molecule has 1 amide bonds. The average molecular weight is 389 g/mol. The van der Waals surface area contributed by atoms with Crippen LogP contribution in [0.25, 0.3) is 17.4 Å². The van der Waals surface area contributed by atoms with Crippen LogP contribution in [-0.4, -0.2) is 39.9 Å². The predicted octanol–water partition coefficient (Wildman–Crippen LogP) is 3.63. The molecule has 0 saturated carbocycles. The van der Waals surface area contributed by atoms with E-state index in [9.17, 15) is 9.59 Å². The van der Waals surface area contributed by atoms with Gasteiger partial charge in [-0.3, -0.25) is 14.5 Å². The lowest BCUT2D eigenvalue weighted by molar-refractivity contribution is -0.137. The molecule has 0 atom stereocenters. The number of thioether (sulfide) groups is 1. The third-order valence-corrected chi connectivity index (χ3v) is 5.08. The van der Waals surface area contributed by atoms with E-state index in [1.165, 1.54) is 4.90 Å². The van der Waals surface area contributed by atoms with Gasteiger partial charge in [0.2, 0.25) is 0 Å². The van der Waals surface area contributed by atoms with Gasteiger partial charge in [0.1, 0.15) is 21.6 Å². The molecule has 0 aliphatic carbocycles. The molecule has 1 aliphatic rings. The Morgan fingerprint density at radius 3 is 2.69 bits per heavy atom. The van der Waals surface area contributed by atoms with E-state index in [1.807, 2.05) is 30.3 Å². The molecule has 1 aliphatic heterocycles. The van der Waals surface area contributed by atoms with Crippen molar-refractivity contribution in [2.45, 2.75) is 6.42 Å². The minimum Gasteiger partial charge on any atom is -0.497 e. The smallest absolute Gasteiger partial charge is 0.305 e. The van der Waals surface area contributed by atoms with Gasteiger partial charge < -0.3 is 14.3 Å². The van der Waals surface area contributed by atoms with Crippen LogP contribution in [0.2, 0.25) is 0 Å². The van der Waals surface area contributed by atoms with Crippen LogP contribution in [0.4, 0.5) is 0 Å². The van der Waals surface area contributed by atoms with Gasteiger partial charge >= 0.3 is 5.97 Å². The maximum Gasteiger partial charge on any atom is 0.305 e. The molecule has 1 N–H and O–H groups in total. The number of furan rings is 1. The Hall–Kier alpha value is -2.58. The van der Waals surface area contributed by atoms with Crippen molar-refractivity contribution in [2.75, 3.05) is 13.7 Å². The van der Waals surface area contributed by atoms with Crippen LogP contribution in [0.15, 0.2) is 45.7 Å². The number of hydrogen-bond donors (Lipinski definition) is 1. The minimum atomic E-state index is -0.974. The Morgan fingerprint density at radius 1 is 1.31 bits per heavy atom. The van der Waals surface area contributed by atoms with Crippen LogP contribution in [-0.2, 0) is 9.59 Å². The number of carbonyl (C=O) groups is 2. The first-order valence-electron chi connectivity index (χ1n) is 7.69. The number of benzene rings is 1. The van der Waals surface area contributed by atoms with Gasteiger partial charge in [0.15, 0.2) is 0 Å². The Labute approximate surface area is 159 Å². The average Bonchev–Trinajstić information content (AvgIpc) is 3.19. The van der Waals surface area contributed by atoms with E-state index in [4.69, 9.17) is 26.5 Å². The number of carbonyl (C=O) groups excluding carboxylic acids is 1. The number of nitrogens with zero attached hydrogens (tertiary/aromatic N) is 1. The Kier molecular flexibility index (Phi) is 5.43. The fraction of sp³-hybridized carbons (Fsp3) is 0.167. The molecule has 3 rings (SSSR count). The summed E-state index contributed by atoms with van der Waals surface area (Å²) in [5, 5.41) is 8.77. The second kappa shape index (κ2) is 7.76. The molecule has 8 heteroatoms. The summed E-state index contributed by atoms with van der Waals surface area (Å²) in [5.41, 5.74) is 0.888. The quantitative estimate of drug-likeness (QED) is 0.597. The molecule has 2 aromatic rings. The van der Waals surface area contributed by atoms with Crippen molar-refractivity contribution >= 4 is 46.3 Å². The van der Waals surface area contributed by atoms with Crippen molar-refractivity contribution in [3.63, 3.8) is 0 Å². The molecular weight excluding hydrogens is 374 g/mol. The zero-order valence-electron chi connectivity index (χ0n) is 13.8. The predicted molar refractivity (Wildman–Crippen MR) is 103 cm³/mol. The molecule has 6 nitrogen and oxygen atoms in total. The molecular formula is C18H15NO5S2. The summed E-state index contributed by atoms with van der Waals surface area (Å²) in [6, 6.07) is 11.0. The fourth-order valence-electron chi connectivity index (χ4n) is 2.37. The van der Waals surface area contributed by atoms with Crippen molar-refractivity contribution in [1.82, 2.24) is 4.90 Å². The van der Waals surface area contributed by atoms with E-state index in [0.29, 0.717) is 20.7 Å². The zero-order chi connectivity index (χ0) is 18.7. The summed E-state index contributed by atoms with van der Waals surface area (Å²) in [6.07, 6.45) is 1.47.